The molecule has 1 aromatic carbocycles. The molecule has 1 saturated carbocycles. The summed E-state index contributed by atoms with van der Waals surface area (Å²) in [6.45, 7) is 4.14. The van der Waals surface area contributed by atoms with Gasteiger partial charge in [0.1, 0.15) is 5.75 Å². The van der Waals surface area contributed by atoms with E-state index < -0.39 is 0 Å². The van der Waals surface area contributed by atoms with Gasteiger partial charge in [-0.05, 0) is 49.6 Å². The lowest BCUT2D eigenvalue weighted by Crippen LogP contribution is -2.56. The van der Waals surface area contributed by atoms with Crippen molar-refractivity contribution in [1.82, 2.24) is 14.8 Å². The van der Waals surface area contributed by atoms with Gasteiger partial charge in [0.05, 0.1) is 18.5 Å². The third kappa shape index (κ3) is 6.24. The molecule has 1 N–H and O–H groups in total. The number of benzene rings is 1. The maximum atomic E-state index is 13.1. The number of carbonyl (C=O) groups is 2. The zero-order valence-electron chi connectivity index (χ0n) is 19.4. The van der Waals surface area contributed by atoms with Crippen LogP contribution in [0.25, 0.3) is 0 Å². The number of urea groups is 1. The Morgan fingerprint density at radius 3 is 2.73 bits per heavy atom. The SMILES string of the molecule is CC1CN(C(=O)c2cccc(OCCC3CCCCC3)c2)CCN1C(=O)Nc1cccnc1. The predicted octanol–water partition coefficient (Wildman–Crippen LogP) is 4.81. The van der Waals surface area contributed by atoms with Crippen LogP contribution in [0.2, 0.25) is 0 Å². The van der Waals surface area contributed by atoms with Crippen molar-refractivity contribution in [3.8, 4) is 5.75 Å². The molecule has 1 aromatic heterocycles. The van der Waals surface area contributed by atoms with Gasteiger partial charge < -0.3 is 19.9 Å². The molecule has 0 bridgehead atoms. The Bertz CT molecular complexity index is 930. The van der Waals surface area contributed by atoms with E-state index >= 15 is 0 Å². The Morgan fingerprint density at radius 1 is 1.12 bits per heavy atom. The van der Waals surface area contributed by atoms with Gasteiger partial charge in [-0.3, -0.25) is 9.78 Å². The minimum atomic E-state index is -0.170. The predicted molar refractivity (Wildman–Crippen MR) is 128 cm³/mol. The summed E-state index contributed by atoms with van der Waals surface area (Å²) in [6.07, 6.45) is 11.0. The topological polar surface area (TPSA) is 74.8 Å². The number of ether oxygens (including phenoxy) is 1. The van der Waals surface area contributed by atoms with Crippen molar-refractivity contribution in [3.63, 3.8) is 0 Å². The van der Waals surface area contributed by atoms with Crippen molar-refractivity contribution in [3.05, 3.63) is 54.4 Å². The van der Waals surface area contributed by atoms with Gasteiger partial charge in [-0.25, -0.2) is 4.79 Å². The molecule has 2 aliphatic rings. The van der Waals surface area contributed by atoms with Crippen LogP contribution in [0.3, 0.4) is 0 Å². The summed E-state index contributed by atoms with van der Waals surface area (Å²) in [4.78, 5) is 33.4. The van der Waals surface area contributed by atoms with Crippen molar-refractivity contribution < 1.29 is 14.3 Å². The minimum Gasteiger partial charge on any atom is -0.494 e. The van der Waals surface area contributed by atoms with Crippen molar-refractivity contribution in [2.75, 3.05) is 31.6 Å². The van der Waals surface area contributed by atoms with Gasteiger partial charge in [-0.2, -0.15) is 0 Å². The molecular formula is C26H34N4O3. The first-order chi connectivity index (χ1) is 16.1. The van der Waals surface area contributed by atoms with Gasteiger partial charge in [0.15, 0.2) is 0 Å². The van der Waals surface area contributed by atoms with Crippen LogP contribution in [0.15, 0.2) is 48.8 Å². The molecule has 33 heavy (non-hydrogen) atoms. The summed E-state index contributed by atoms with van der Waals surface area (Å²) in [5.74, 6) is 1.50. The lowest BCUT2D eigenvalue weighted by molar-refractivity contribution is 0.0592. The highest BCUT2D eigenvalue weighted by Gasteiger charge is 2.30. The molecule has 7 heteroatoms. The second kappa shape index (κ2) is 11.2. The summed E-state index contributed by atoms with van der Waals surface area (Å²) in [6, 6.07) is 10.8. The van der Waals surface area contributed by atoms with Crippen molar-refractivity contribution in [1.29, 1.82) is 0 Å². The highest BCUT2D eigenvalue weighted by molar-refractivity contribution is 5.95. The van der Waals surface area contributed by atoms with Crippen LogP contribution in [0.4, 0.5) is 10.5 Å². The second-order valence-electron chi connectivity index (χ2n) is 9.13. The molecule has 1 aliphatic heterocycles. The van der Waals surface area contributed by atoms with E-state index in [2.05, 4.69) is 10.3 Å². The van der Waals surface area contributed by atoms with Gasteiger partial charge in [-0.1, -0.05) is 38.2 Å². The highest BCUT2D eigenvalue weighted by Crippen LogP contribution is 2.26. The lowest BCUT2D eigenvalue weighted by atomic mass is 9.87. The molecule has 3 amide bonds. The number of hydrogen-bond donors (Lipinski definition) is 1. The maximum Gasteiger partial charge on any atom is 0.322 e. The molecule has 1 aliphatic carbocycles. The fourth-order valence-corrected chi connectivity index (χ4v) is 4.80. The number of nitrogens with zero attached hydrogens (tertiary/aromatic N) is 3. The van der Waals surface area contributed by atoms with Crippen LogP contribution < -0.4 is 10.1 Å². The summed E-state index contributed by atoms with van der Waals surface area (Å²) in [5, 5.41) is 2.87. The number of carbonyl (C=O) groups excluding carboxylic acids is 2. The number of anilines is 1. The van der Waals surface area contributed by atoms with Gasteiger partial charge in [-0.15, -0.1) is 0 Å². The fourth-order valence-electron chi connectivity index (χ4n) is 4.80. The molecule has 4 rings (SSSR count). The number of hydrogen-bond acceptors (Lipinski definition) is 4. The number of pyridine rings is 1. The van der Waals surface area contributed by atoms with Crippen LogP contribution in [0, 0.1) is 5.92 Å². The molecular weight excluding hydrogens is 416 g/mol. The lowest BCUT2D eigenvalue weighted by Gasteiger charge is -2.39. The average molecular weight is 451 g/mol. The summed E-state index contributed by atoms with van der Waals surface area (Å²) < 4.78 is 5.98. The molecule has 1 saturated heterocycles. The quantitative estimate of drug-likeness (QED) is 0.685. The molecule has 7 nitrogen and oxygen atoms in total. The minimum absolute atomic E-state index is 0.0214. The van der Waals surface area contributed by atoms with E-state index in [9.17, 15) is 9.59 Å². The van der Waals surface area contributed by atoms with E-state index in [1.165, 1.54) is 32.1 Å². The molecule has 176 valence electrons. The van der Waals surface area contributed by atoms with Crippen LogP contribution in [-0.4, -0.2) is 59.0 Å². The smallest absolute Gasteiger partial charge is 0.322 e. The Hall–Kier alpha value is -3.09. The van der Waals surface area contributed by atoms with Gasteiger partial charge in [0.25, 0.3) is 5.91 Å². The number of rotatable bonds is 6. The monoisotopic (exact) mass is 450 g/mol. The molecule has 2 heterocycles. The van der Waals surface area contributed by atoms with Crippen LogP contribution >= 0.6 is 0 Å². The summed E-state index contributed by atoms with van der Waals surface area (Å²) >= 11 is 0. The molecule has 0 radical (unpaired) electrons. The first-order valence-electron chi connectivity index (χ1n) is 12.1. The number of piperazine rings is 1. The standard InChI is InChI=1S/C26H34N4O3/c1-20-19-29(14-15-30(20)26(32)28-23-10-6-13-27-18-23)25(31)22-9-5-11-24(17-22)33-16-12-21-7-3-2-4-8-21/h5-6,9-11,13,17-18,20-21H,2-4,7-8,12,14-16,19H2,1H3,(H,28,32). The van der Waals surface area contributed by atoms with Gasteiger partial charge in [0.2, 0.25) is 0 Å². The number of aromatic nitrogens is 1. The largest absolute Gasteiger partial charge is 0.494 e. The molecule has 2 aromatic rings. The zero-order chi connectivity index (χ0) is 23.0. The molecule has 0 spiro atoms. The third-order valence-electron chi connectivity index (χ3n) is 6.69. The molecule has 1 atom stereocenters. The van der Waals surface area contributed by atoms with Crippen LogP contribution in [-0.2, 0) is 0 Å². The first-order valence-corrected chi connectivity index (χ1v) is 12.1. The van der Waals surface area contributed by atoms with Gasteiger partial charge >= 0.3 is 6.03 Å². The molecule has 1 unspecified atom stereocenters. The normalized spacial score (nSPS) is 19.2. The molecule has 2 fully saturated rings. The Balaban J connectivity index is 1.28. The van der Waals surface area contributed by atoms with Crippen molar-refractivity contribution in [2.45, 2.75) is 51.5 Å². The Labute approximate surface area is 196 Å². The average Bonchev–Trinajstić information content (AvgIpc) is 2.85. The Kier molecular flexibility index (Phi) is 7.81. The van der Waals surface area contributed by atoms with E-state index in [0.717, 1.165) is 18.1 Å². The van der Waals surface area contributed by atoms with Crippen molar-refractivity contribution >= 4 is 17.6 Å². The Morgan fingerprint density at radius 2 is 1.97 bits per heavy atom. The van der Waals surface area contributed by atoms with E-state index in [4.69, 9.17) is 4.74 Å². The van der Waals surface area contributed by atoms with E-state index in [-0.39, 0.29) is 18.0 Å². The van der Waals surface area contributed by atoms with E-state index in [0.29, 0.717) is 37.5 Å². The van der Waals surface area contributed by atoms with Gasteiger partial charge in [0, 0.05) is 37.4 Å². The summed E-state index contributed by atoms with van der Waals surface area (Å²) in [5.41, 5.74) is 1.29. The summed E-state index contributed by atoms with van der Waals surface area (Å²) in [7, 11) is 0. The van der Waals surface area contributed by atoms with Crippen LogP contribution in [0.1, 0.15) is 55.8 Å². The first kappa shape index (κ1) is 23.1. The highest BCUT2D eigenvalue weighted by atomic mass is 16.5. The van der Waals surface area contributed by atoms with Crippen LogP contribution in [0.5, 0.6) is 5.75 Å². The van der Waals surface area contributed by atoms with E-state index in [1.807, 2.05) is 36.1 Å². The van der Waals surface area contributed by atoms with Crippen molar-refractivity contribution in [2.24, 2.45) is 5.92 Å². The number of nitrogens with one attached hydrogen (secondary N) is 1. The zero-order valence-corrected chi connectivity index (χ0v) is 19.4. The van der Waals surface area contributed by atoms with E-state index in [1.54, 1.807) is 29.4 Å². The fraction of sp³-hybridized carbons (Fsp3) is 0.500. The third-order valence-corrected chi connectivity index (χ3v) is 6.69. The number of amides is 3. The second-order valence-corrected chi connectivity index (χ2v) is 9.13. The maximum absolute atomic E-state index is 13.1.